The van der Waals surface area contributed by atoms with E-state index in [1.807, 2.05) is 30.3 Å². The molecule has 0 saturated carbocycles. The van der Waals surface area contributed by atoms with Crippen LogP contribution in [0.5, 0.6) is 0 Å². The molecule has 2 nitrogen and oxygen atoms in total. The molecule has 0 aromatic heterocycles. The van der Waals surface area contributed by atoms with Crippen molar-refractivity contribution in [3.63, 3.8) is 0 Å². The van der Waals surface area contributed by atoms with Gasteiger partial charge in [-0.25, -0.2) is 4.39 Å². The summed E-state index contributed by atoms with van der Waals surface area (Å²) in [6.45, 7) is 1.81. The first-order valence-corrected chi connectivity index (χ1v) is 8.22. The number of nitrogens with one attached hydrogen (secondary N) is 1. The second kappa shape index (κ2) is 8.54. The van der Waals surface area contributed by atoms with E-state index >= 15 is 0 Å². The molecule has 5 heteroatoms. The number of ether oxygens (including phenoxy) is 1. The van der Waals surface area contributed by atoms with Crippen molar-refractivity contribution in [2.45, 2.75) is 16.3 Å². The van der Waals surface area contributed by atoms with Crippen molar-refractivity contribution >= 4 is 27.7 Å². The van der Waals surface area contributed by atoms with Crippen LogP contribution in [0.4, 0.5) is 4.39 Å². The molecule has 2 aromatic rings. The van der Waals surface area contributed by atoms with Crippen molar-refractivity contribution in [2.24, 2.45) is 0 Å². The Labute approximate surface area is 137 Å². The maximum Gasteiger partial charge on any atom is 0.128 e. The van der Waals surface area contributed by atoms with E-state index in [4.69, 9.17) is 4.74 Å². The van der Waals surface area contributed by atoms with Crippen LogP contribution in [-0.4, -0.2) is 20.3 Å². The van der Waals surface area contributed by atoms with Gasteiger partial charge in [-0.1, -0.05) is 39.8 Å². The molecule has 0 heterocycles. The lowest BCUT2D eigenvalue weighted by Gasteiger charge is -2.11. The Bertz CT molecular complexity index is 594. The highest BCUT2D eigenvalue weighted by Gasteiger charge is 2.09. The van der Waals surface area contributed by atoms with Gasteiger partial charge in [0.05, 0.1) is 6.61 Å². The molecule has 21 heavy (non-hydrogen) atoms. The molecule has 112 valence electrons. The lowest BCUT2D eigenvalue weighted by atomic mass is 10.2. The number of hydrogen-bond acceptors (Lipinski definition) is 3. The summed E-state index contributed by atoms with van der Waals surface area (Å²) >= 11 is 5.02. The third-order valence-electron chi connectivity index (χ3n) is 2.88. The van der Waals surface area contributed by atoms with Crippen LogP contribution in [0, 0.1) is 5.82 Å². The molecular formula is C16H17BrFNOS. The zero-order valence-corrected chi connectivity index (χ0v) is 14.1. The minimum Gasteiger partial charge on any atom is -0.383 e. The van der Waals surface area contributed by atoms with Gasteiger partial charge >= 0.3 is 0 Å². The molecule has 0 aliphatic carbocycles. The van der Waals surface area contributed by atoms with Crippen LogP contribution >= 0.6 is 27.7 Å². The summed E-state index contributed by atoms with van der Waals surface area (Å²) in [5.41, 5.74) is 0.693. The van der Waals surface area contributed by atoms with E-state index in [0.29, 0.717) is 25.3 Å². The predicted octanol–water partition coefficient (Wildman–Crippen LogP) is 4.48. The quantitative estimate of drug-likeness (QED) is 0.727. The van der Waals surface area contributed by atoms with Gasteiger partial charge in [-0.3, -0.25) is 0 Å². The number of benzene rings is 2. The van der Waals surface area contributed by atoms with Crippen LogP contribution in [0.2, 0.25) is 0 Å². The van der Waals surface area contributed by atoms with E-state index < -0.39 is 0 Å². The first-order valence-electron chi connectivity index (χ1n) is 6.61. The van der Waals surface area contributed by atoms with Gasteiger partial charge in [0.25, 0.3) is 0 Å². The third kappa shape index (κ3) is 5.11. The summed E-state index contributed by atoms with van der Waals surface area (Å²) in [7, 11) is 1.65. The molecule has 0 radical (unpaired) electrons. The van der Waals surface area contributed by atoms with Gasteiger partial charge in [-0.15, -0.1) is 0 Å². The van der Waals surface area contributed by atoms with Gasteiger partial charge < -0.3 is 10.1 Å². The molecule has 0 bridgehead atoms. The molecule has 2 aromatic carbocycles. The number of hydrogen-bond donors (Lipinski definition) is 1. The molecule has 0 spiro atoms. The Kier molecular flexibility index (Phi) is 6.70. The zero-order chi connectivity index (χ0) is 15.1. The largest absolute Gasteiger partial charge is 0.383 e. The molecule has 0 amide bonds. The topological polar surface area (TPSA) is 21.3 Å². The fourth-order valence-corrected chi connectivity index (χ4v) is 3.43. The molecule has 0 atom stereocenters. The van der Waals surface area contributed by atoms with E-state index in [1.54, 1.807) is 24.9 Å². The highest BCUT2D eigenvalue weighted by atomic mass is 79.9. The monoisotopic (exact) mass is 369 g/mol. The van der Waals surface area contributed by atoms with Crippen LogP contribution < -0.4 is 5.32 Å². The molecule has 0 saturated heterocycles. The maximum atomic E-state index is 14.0. The summed E-state index contributed by atoms with van der Waals surface area (Å²) in [5, 5.41) is 3.19. The van der Waals surface area contributed by atoms with Crippen molar-refractivity contribution in [1.82, 2.24) is 5.32 Å². The third-order valence-corrected chi connectivity index (χ3v) is 4.47. The first-order chi connectivity index (χ1) is 10.2. The summed E-state index contributed by atoms with van der Waals surface area (Å²) in [4.78, 5) is 2.01. The Hall–Kier alpha value is -0.880. The van der Waals surface area contributed by atoms with Gasteiger partial charge in [0.2, 0.25) is 0 Å². The second-order valence-corrected chi connectivity index (χ2v) is 6.48. The highest BCUT2D eigenvalue weighted by molar-refractivity contribution is 9.10. The van der Waals surface area contributed by atoms with Crippen molar-refractivity contribution in [1.29, 1.82) is 0 Å². The summed E-state index contributed by atoms with van der Waals surface area (Å²) < 4.78 is 20.0. The summed E-state index contributed by atoms with van der Waals surface area (Å²) in [5.74, 6) is -0.181. The lowest BCUT2D eigenvalue weighted by molar-refractivity contribution is 0.199. The van der Waals surface area contributed by atoms with Crippen LogP contribution in [-0.2, 0) is 11.3 Å². The number of methoxy groups -OCH3 is 1. The molecular weight excluding hydrogens is 353 g/mol. The minimum atomic E-state index is -0.181. The van der Waals surface area contributed by atoms with Gasteiger partial charge in [0.1, 0.15) is 5.82 Å². The van der Waals surface area contributed by atoms with Gasteiger partial charge in [0, 0.05) is 40.0 Å². The molecule has 0 aliphatic heterocycles. The van der Waals surface area contributed by atoms with Crippen molar-refractivity contribution < 1.29 is 9.13 Å². The van der Waals surface area contributed by atoms with Crippen LogP contribution in [0.25, 0.3) is 0 Å². The van der Waals surface area contributed by atoms with Crippen LogP contribution in [0.1, 0.15) is 5.56 Å². The summed E-state index contributed by atoms with van der Waals surface area (Å²) in [6.07, 6.45) is 0. The first kappa shape index (κ1) is 16.5. The molecule has 1 N–H and O–H groups in total. The Morgan fingerprint density at radius 1 is 1.24 bits per heavy atom. The predicted molar refractivity (Wildman–Crippen MR) is 88.2 cm³/mol. The van der Waals surface area contributed by atoms with E-state index in [1.165, 1.54) is 6.07 Å². The molecule has 0 unspecified atom stereocenters. The van der Waals surface area contributed by atoms with Gasteiger partial charge in [0.15, 0.2) is 0 Å². The van der Waals surface area contributed by atoms with E-state index in [0.717, 1.165) is 14.3 Å². The fourth-order valence-electron chi connectivity index (χ4n) is 1.85. The maximum absolute atomic E-state index is 14.0. The van der Waals surface area contributed by atoms with Crippen molar-refractivity contribution in [3.05, 3.63) is 58.3 Å². The molecule has 0 fully saturated rings. The van der Waals surface area contributed by atoms with E-state index in [-0.39, 0.29) is 5.82 Å². The SMILES string of the molecule is COCCNCc1c(F)cccc1Sc1cccc(Br)c1. The smallest absolute Gasteiger partial charge is 0.128 e. The van der Waals surface area contributed by atoms with E-state index in [9.17, 15) is 4.39 Å². The number of halogens is 2. The Morgan fingerprint density at radius 3 is 2.81 bits per heavy atom. The van der Waals surface area contributed by atoms with Gasteiger partial charge in [-0.05, 0) is 30.3 Å². The number of rotatable bonds is 7. The fraction of sp³-hybridized carbons (Fsp3) is 0.250. The second-order valence-electron chi connectivity index (χ2n) is 4.45. The Balaban J connectivity index is 2.13. The zero-order valence-electron chi connectivity index (χ0n) is 11.7. The van der Waals surface area contributed by atoms with Crippen LogP contribution in [0.3, 0.4) is 0 Å². The molecule has 0 aliphatic rings. The van der Waals surface area contributed by atoms with Crippen LogP contribution in [0.15, 0.2) is 56.7 Å². The lowest BCUT2D eigenvalue weighted by Crippen LogP contribution is -2.19. The average molecular weight is 370 g/mol. The van der Waals surface area contributed by atoms with Gasteiger partial charge in [-0.2, -0.15) is 0 Å². The normalized spacial score (nSPS) is 10.8. The van der Waals surface area contributed by atoms with Crippen molar-refractivity contribution in [3.8, 4) is 0 Å². The Morgan fingerprint density at radius 2 is 2.05 bits per heavy atom. The standard InChI is InChI=1S/C16H17BrFNOS/c1-20-9-8-19-11-14-15(18)6-3-7-16(14)21-13-5-2-4-12(17)10-13/h2-7,10,19H,8-9,11H2,1H3. The van der Waals surface area contributed by atoms with Crippen molar-refractivity contribution in [2.75, 3.05) is 20.3 Å². The summed E-state index contributed by atoms with van der Waals surface area (Å²) in [6, 6.07) is 13.2. The average Bonchev–Trinajstić information content (AvgIpc) is 2.46. The molecule has 2 rings (SSSR count). The minimum absolute atomic E-state index is 0.181. The highest BCUT2D eigenvalue weighted by Crippen LogP contribution is 2.32. The van der Waals surface area contributed by atoms with E-state index in [2.05, 4.69) is 21.2 Å².